The summed E-state index contributed by atoms with van der Waals surface area (Å²) in [4.78, 5) is 7.37. The number of H-pyrrole nitrogens is 1. The third kappa shape index (κ3) is 3.50. The first kappa shape index (κ1) is 11.2. The van der Waals surface area contributed by atoms with E-state index < -0.39 is 0 Å². The van der Waals surface area contributed by atoms with Gasteiger partial charge in [0.2, 0.25) is 0 Å². The van der Waals surface area contributed by atoms with Crippen LogP contribution in [0.3, 0.4) is 0 Å². The Hall–Kier alpha value is -0.830. The standard InChI is InChI=1S/C11H21N3/c1-4-10(5-2)6-12-7-11-8-13-9(3)14-11/h8,10,12H,4-7H2,1-3H3,(H,13,14). The highest BCUT2D eigenvalue weighted by Crippen LogP contribution is 2.05. The fourth-order valence-corrected chi connectivity index (χ4v) is 1.55. The molecule has 0 unspecified atom stereocenters. The average Bonchev–Trinajstić information content (AvgIpc) is 2.59. The number of nitrogens with one attached hydrogen (secondary N) is 2. The van der Waals surface area contributed by atoms with Gasteiger partial charge in [0.05, 0.1) is 0 Å². The minimum Gasteiger partial charge on any atom is -0.345 e. The maximum atomic E-state index is 4.16. The highest BCUT2D eigenvalue weighted by Gasteiger charge is 2.02. The first-order chi connectivity index (χ1) is 6.76. The number of nitrogens with zero attached hydrogens (tertiary/aromatic N) is 1. The quantitative estimate of drug-likeness (QED) is 0.731. The summed E-state index contributed by atoms with van der Waals surface area (Å²) >= 11 is 0. The molecule has 0 radical (unpaired) electrons. The molecule has 2 N–H and O–H groups in total. The molecular formula is C11H21N3. The van der Waals surface area contributed by atoms with Gasteiger partial charge in [0.15, 0.2) is 0 Å². The lowest BCUT2D eigenvalue weighted by Gasteiger charge is -2.12. The first-order valence-corrected chi connectivity index (χ1v) is 5.47. The average molecular weight is 195 g/mol. The lowest BCUT2D eigenvalue weighted by Crippen LogP contribution is -2.21. The molecule has 0 atom stereocenters. The van der Waals surface area contributed by atoms with E-state index in [1.807, 2.05) is 13.1 Å². The lowest BCUT2D eigenvalue weighted by atomic mass is 10.0. The van der Waals surface area contributed by atoms with Crippen molar-refractivity contribution in [2.45, 2.75) is 40.2 Å². The SMILES string of the molecule is CCC(CC)CNCc1cnc(C)[nH]1. The Morgan fingerprint density at radius 1 is 1.43 bits per heavy atom. The normalized spacial score (nSPS) is 11.1. The van der Waals surface area contributed by atoms with Crippen LogP contribution < -0.4 is 5.32 Å². The van der Waals surface area contributed by atoms with E-state index in [4.69, 9.17) is 0 Å². The molecule has 0 amide bonds. The van der Waals surface area contributed by atoms with Crippen molar-refractivity contribution >= 4 is 0 Å². The van der Waals surface area contributed by atoms with Crippen LogP contribution in [0.1, 0.15) is 38.2 Å². The van der Waals surface area contributed by atoms with E-state index in [-0.39, 0.29) is 0 Å². The summed E-state index contributed by atoms with van der Waals surface area (Å²) in [7, 11) is 0. The minimum atomic E-state index is 0.805. The Morgan fingerprint density at radius 3 is 2.64 bits per heavy atom. The number of aromatic amines is 1. The summed E-state index contributed by atoms with van der Waals surface area (Å²) in [5, 5.41) is 3.45. The van der Waals surface area contributed by atoms with Crippen molar-refractivity contribution in [3.63, 3.8) is 0 Å². The second-order valence-corrected chi connectivity index (χ2v) is 3.81. The van der Waals surface area contributed by atoms with Crippen molar-refractivity contribution in [1.82, 2.24) is 15.3 Å². The molecule has 0 bridgehead atoms. The van der Waals surface area contributed by atoms with Gasteiger partial charge in [-0.1, -0.05) is 26.7 Å². The van der Waals surface area contributed by atoms with Gasteiger partial charge in [-0.15, -0.1) is 0 Å². The largest absolute Gasteiger partial charge is 0.345 e. The van der Waals surface area contributed by atoms with Crippen LogP contribution in [0.4, 0.5) is 0 Å². The van der Waals surface area contributed by atoms with Crippen molar-refractivity contribution < 1.29 is 0 Å². The van der Waals surface area contributed by atoms with Crippen LogP contribution in [-0.2, 0) is 6.54 Å². The molecule has 0 fully saturated rings. The monoisotopic (exact) mass is 195 g/mol. The van der Waals surface area contributed by atoms with Crippen LogP contribution in [0.25, 0.3) is 0 Å². The summed E-state index contributed by atoms with van der Waals surface area (Å²) in [5.41, 5.74) is 1.17. The van der Waals surface area contributed by atoms with Crippen molar-refractivity contribution in [3.8, 4) is 0 Å². The summed E-state index contributed by atoms with van der Waals surface area (Å²) in [5.74, 6) is 1.79. The fraction of sp³-hybridized carbons (Fsp3) is 0.727. The van der Waals surface area contributed by atoms with Crippen molar-refractivity contribution in [3.05, 3.63) is 17.7 Å². The summed E-state index contributed by atoms with van der Waals surface area (Å²) in [6.07, 6.45) is 4.41. The van der Waals surface area contributed by atoms with E-state index in [2.05, 4.69) is 29.1 Å². The Balaban J connectivity index is 2.21. The molecule has 0 spiro atoms. The van der Waals surface area contributed by atoms with Gasteiger partial charge in [-0.25, -0.2) is 4.98 Å². The molecule has 1 aromatic heterocycles. The number of aromatic nitrogens is 2. The van der Waals surface area contributed by atoms with Crippen LogP contribution >= 0.6 is 0 Å². The molecule has 0 aliphatic heterocycles. The van der Waals surface area contributed by atoms with E-state index in [1.165, 1.54) is 18.5 Å². The van der Waals surface area contributed by atoms with Gasteiger partial charge >= 0.3 is 0 Å². The highest BCUT2D eigenvalue weighted by molar-refractivity contribution is 4.99. The molecule has 1 rings (SSSR count). The smallest absolute Gasteiger partial charge is 0.103 e. The molecule has 0 aromatic carbocycles. The molecule has 14 heavy (non-hydrogen) atoms. The maximum Gasteiger partial charge on any atom is 0.103 e. The third-order valence-electron chi connectivity index (χ3n) is 2.66. The fourth-order valence-electron chi connectivity index (χ4n) is 1.55. The van der Waals surface area contributed by atoms with Gasteiger partial charge in [-0.2, -0.15) is 0 Å². The van der Waals surface area contributed by atoms with Crippen molar-refractivity contribution in [2.75, 3.05) is 6.54 Å². The Bertz CT molecular complexity index is 251. The van der Waals surface area contributed by atoms with E-state index in [1.54, 1.807) is 0 Å². The van der Waals surface area contributed by atoms with Gasteiger partial charge in [0.1, 0.15) is 5.82 Å². The number of aryl methyl sites for hydroxylation is 1. The van der Waals surface area contributed by atoms with Gasteiger partial charge < -0.3 is 10.3 Å². The molecule has 1 aromatic rings. The van der Waals surface area contributed by atoms with Gasteiger partial charge in [0, 0.05) is 18.4 Å². The molecule has 1 heterocycles. The Morgan fingerprint density at radius 2 is 2.14 bits per heavy atom. The lowest BCUT2D eigenvalue weighted by molar-refractivity contribution is 0.448. The predicted molar refractivity (Wildman–Crippen MR) is 59.1 cm³/mol. The second-order valence-electron chi connectivity index (χ2n) is 3.81. The summed E-state index contributed by atoms with van der Waals surface area (Å²) < 4.78 is 0. The van der Waals surface area contributed by atoms with E-state index in [0.29, 0.717) is 0 Å². The zero-order chi connectivity index (χ0) is 10.4. The zero-order valence-corrected chi connectivity index (χ0v) is 9.43. The summed E-state index contributed by atoms with van der Waals surface area (Å²) in [6.45, 7) is 8.47. The number of hydrogen-bond acceptors (Lipinski definition) is 2. The topological polar surface area (TPSA) is 40.7 Å². The maximum absolute atomic E-state index is 4.16. The third-order valence-corrected chi connectivity index (χ3v) is 2.66. The van der Waals surface area contributed by atoms with E-state index >= 15 is 0 Å². The molecule has 0 saturated carbocycles. The number of imidazole rings is 1. The first-order valence-electron chi connectivity index (χ1n) is 5.47. The Kier molecular flexibility index (Phi) is 4.66. The highest BCUT2D eigenvalue weighted by atomic mass is 15.0. The molecule has 3 heteroatoms. The second kappa shape index (κ2) is 5.81. The Labute approximate surface area is 86.3 Å². The van der Waals surface area contributed by atoms with Crippen LogP contribution in [0, 0.1) is 12.8 Å². The van der Waals surface area contributed by atoms with Crippen LogP contribution in [0.2, 0.25) is 0 Å². The molecule has 0 saturated heterocycles. The number of hydrogen-bond donors (Lipinski definition) is 2. The molecule has 80 valence electrons. The molecule has 0 aliphatic rings. The summed E-state index contributed by atoms with van der Waals surface area (Å²) in [6, 6.07) is 0. The van der Waals surface area contributed by atoms with E-state index in [0.717, 1.165) is 24.8 Å². The van der Waals surface area contributed by atoms with Gasteiger partial charge in [-0.05, 0) is 19.4 Å². The van der Waals surface area contributed by atoms with Gasteiger partial charge in [0.25, 0.3) is 0 Å². The minimum absolute atomic E-state index is 0.805. The predicted octanol–water partition coefficient (Wildman–Crippen LogP) is 2.24. The van der Waals surface area contributed by atoms with Crippen LogP contribution in [0.15, 0.2) is 6.20 Å². The zero-order valence-electron chi connectivity index (χ0n) is 9.43. The van der Waals surface area contributed by atoms with E-state index in [9.17, 15) is 0 Å². The van der Waals surface area contributed by atoms with Crippen LogP contribution in [0.5, 0.6) is 0 Å². The van der Waals surface area contributed by atoms with Crippen molar-refractivity contribution in [2.24, 2.45) is 5.92 Å². The molecule has 3 nitrogen and oxygen atoms in total. The molecular weight excluding hydrogens is 174 g/mol. The van der Waals surface area contributed by atoms with Crippen molar-refractivity contribution in [1.29, 1.82) is 0 Å². The van der Waals surface area contributed by atoms with Gasteiger partial charge in [-0.3, -0.25) is 0 Å². The van der Waals surface area contributed by atoms with Crippen LogP contribution in [-0.4, -0.2) is 16.5 Å². The number of rotatable bonds is 6. The molecule has 0 aliphatic carbocycles.